The molecule has 0 amide bonds. The van der Waals surface area contributed by atoms with Crippen molar-refractivity contribution in [1.29, 1.82) is 0 Å². The van der Waals surface area contributed by atoms with Crippen molar-refractivity contribution in [3.8, 4) is 5.75 Å². The van der Waals surface area contributed by atoms with Gasteiger partial charge in [-0.25, -0.2) is 0 Å². The van der Waals surface area contributed by atoms with Gasteiger partial charge in [-0.3, -0.25) is 4.79 Å². The Morgan fingerprint density at radius 1 is 1.35 bits per heavy atom. The van der Waals surface area contributed by atoms with Gasteiger partial charge in [0, 0.05) is 5.92 Å². The number of carbonyl (C=O) groups is 1. The Morgan fingerprint density at radius 2 is 2.05 bits per heavy atom. The second-order valence-corrected chi connectivity index (χ2v) is 4.55. The fraction of sp³-hybridized carbons (Fsp3) is 0.357. The second kappa shape index (κ2) is 5.64. The molecule has 2 rings (SSSR count). The lowest BCUT2D eigenvalue weighted by Gasteiger charge is -2.16. The lowest BCUT2D eigenvalue weighted by molar-refractivity contribution is -0.253. The molecule has 0 heterocycles. The first-order valence-corrected chi connectivity index (χ1v) is 6.05. The van der Waals surface area contributed by atoms with Gasteiger partial charge >= 0.3 is 12.5 Å². The lowest BCUT2D eigenvalue weighted by atomic mass is 10.1. The van der Waals surface area contributed by atoms with E-state index in [4.69, 9.17) is 0 Å². The van der Waals surface area contributed by atoms with E-state index in [-0.39, 0.29) is 17.5 Å². The summed E-state index contributed by atoms with van der Waals surface area (Å²) >= 11 is 0. The van der Waals surface area contributed by atoms with Crippen LogP contribution in [0.5, 0.6) is 5.75 Å². The molecule has 0 bridgehead atoms. The summed E-state index contributed by atoms with van der Waals surface area (Å²) in [6.07, 6.45) is -3.89. The van der Waals surface area contributed by atoms with Crippen LogP contribution in [-0.2, 0) is 4.79 Å². The quantitative estimate of drug-likeness (QED) is 0.586. The zero-order valence-corrected chi connectivity index (χ0v) is 10.4. The maximum Gasteiger partial charge on any atom is 0.461 e. The maximum absolute atomic E-state index is 12.7. The van der Waals surface area contributed by atoms with Crippen LogP contribution in [0.3, 0.4) is 0 Å². The molecule has 0 aromatic heterocycles. The number of rotatable bonds is 6. The van der Waals surface area contributed by atoms with Gasteiger partial charge in [-0.2, -0.15) is 17.6 Å². The van der Waals surface area contributed by atoms with E-state index < -0.39 is 12.5 Å². The normalized spacial score (nSPS) is 15.8. The van der Waals surface area contributed by atoms with Gasteiger partial charge in [-0.1, -0.05) is 18.2 Å². The SMILES string of the molecule is O=C(/C=C/c1cccc(OC(F)(F)C(F)F)c1)C1CC1. The smallest absolute Gasteiger partial charge is 0.428 e. The van der Waals surface area contributed by atoms with Gasteiger partial charge < -0.3 is 4.74 Å². The number of allylic oxidation sites excluding steroid dienone is 1. The third kappa shape index (κ3) is 3.82. The first kappa shape index (κ1) is 14.6. The molecule has 2 nitrogen and oxygen atoms in total. The van der Waals surface area contributed by atoms with Crippen LogP contribution in [-0.4, -0.2) is 18.3 Å². The molecule has 1 aromatic carbocycles. The highest BCUT2D eigenvalue weighted by Crippen LogP contribution is 2.31. The van der Waals surface area contributed by atoms with Crippen molar-refractivity contribution < 1.29 is 27.1 Å². The fourth-order valence-corrected chi connectivity index (χ4v) is 1.57. The number of alkyl halides is 4. The highest BCUT2D eigenvalue weighted by Gasteiger charge is 2.43. The Hall–Kier alpha value is -1.85. The van der Waals surface area contributed by atoms with Crippen molar-refractivity contribution in [2.75, 3.05) is 0 Å². The Balaban J connectivity index is 2.05. The number of carbonyl (C=O) groups excluding carboxylic acids is 1. The summed E-state index contributed by atoms with van der Waals surface area (Å²) in [6.45, 7) is 0. The van der Waals surface area contributed by atoms with Gasteiger partial charge in [0.1, 0.15) is 5.75 Å². The minimum atomic E-state index is -4.54. The Morgan fingerprint density at radius 3 is 2.65 bits per heavy atom. The van der Waals surface area contributed by atoms with E-state index in [1.807, 2.05) is 0 Å². The van der Waals surface area contributed by atoms with Crippen LogP contribution in [0.4, 0.5) is 17.6 Å². The van der Waals surface area contributed by atoms with Gasteiger partial charge in [-0.05, 0) is 36.6 Å². The summed E-state index contributed by atoms with van der Waals surface area (Å²) in [6, 6.07) is 5.27. The van der Waals surface area contributed by atoms with E-state index >= 15 is 0 Å². The predicted octanol–water partition coefficient (Wildman–Crippen LogP) is 3.92. The highest BCUT2D eigenvalue weighted by molar-refractivity contribution is 5.96. The van der Waals surface area contributed by atoms with E-state index in [0.717, 1.165) is 18.9 Å². The molecule has 108 valence electrons. The summed E-state index contributed by atoms with van der Waals surface area (Å²) in [5, 5.41) is 0. The summed E-state index contributed by atoms with van der Waals surface area (Å²) in [7, 11) is 0. The molecule has 0 radical (unpaired) electrons. The summed E-state index contributed by atoms with van der Waals surface area (Å²) in [4.78, 5) is 11.4. The molecular weight excluding hydrogens is 276 g/mol. The highest BCUT2D eigenvalue weighted by atomic mass is 19.3. The van der Waals surface area contributed by atoms with Gasteiger partial charge in [0.2, 0.25) is 0 Å². The molecule has 1 saturated carbocycles. The third-order valence-corrected chi connectivity index (χ3v) is 2.79. The second-order valence-electron chi connectivity index (χ2n) is 4.55. The Labute approximate surface area is 113 Å². The van der Waals surface area contributed by atoms with Crippen LogP contribution in [0.15, 0.2) is 30.3 Å². The number of hydrogen-bond donors (Lipinski definition) is 0. The molecule has 1 fully saturated rings. The topological polar surface area (TPSA) is 26.3 Å². The fourth-order valence-electron chi connectivity index (χ4n) is 1.57. The standard InChI is InChI=1S/C14H12F4O2/c15-13(16)14(17,18)20-11-3-1-2-9(8-11)4-7-12(19)10-5-6-10/h1-4,7-8,10,13H,5-6H2/b7-4+. The number of ketones is 1. The van der Waals surface area contributed by atoms with Crippen LogP contribution in [0.2, 0.25) is 0 Å². The monoisotopic (exact) mass is 288 g/mol. The molecule has 6 heteroatoms. The molecule has 0 atom stereocenters. The largest absolute Gasteiger partial charge is 0.461 e. The molecule has 0 aliphatic heterocycles. The Bertz CT molecular complexity index is 522. The van der Waals surface area contributed by atoms with Gasteiger partial charge in [0.15, 0.2) is 5.78 Å². The minimum absolute atomic E-state index is 0.0192. The van der Waals surface area contributed by atoms with E-state index in [2.05, 4.69) is 4.74 Å². The van der Waals surface area contributed by atoms with Crippen LogP contribution >= 0.6 is 0 Å². The summed E-state index contributed by atoms with van der Waals surface area (Å²) < 4.78 is 53.5. The van der Waals surface area contributed by atoms with E-state index in [1.165, 1.54) is 24.3 Å². The average molecular weight is 288 g/mol. The lowest BCUT2D eigenvalue weighted by Crippen LogP contribution is -2.33. The Kier molecular flexibility index (Phi) is 4.11. The van der Waals surface area contributed by atoms with Crippen molar-refractivity contribution in [2.45, 2.75) is 25.4 Å². The summed E-state index contributed by atoms with van der Waals surface area (Å²) in [5.74, 6) is -0.334. The van der Waals surface area contributed by atoms with Crippen molar-refractivity contribution in [3.63, 3.8) is 0 Å². The van der Waals surface area contributed by atoms with E-state index in [1.54, 1.807) is 6.07 Å². The molecule has 1 aliphatic rings. The van der Waals surface area contributed by atoms with E-state index in [0.29, 0.717) is 5.56 Å². The van der Waals surface area contributed by atoms with Crippen molar-refractivity contribution in [2.24, 2.45) is 5.92 Å². The number of benzene rings is 1. The molecule has 0 saturated heterocycles. The molecular formula is C14H12F4O2. The van der Waals surface area contributed by atoms with Gasteiger partial charge in [0.05, 0.1) is 0 Å². The van der Waals surface area contributed by atoms with Crippen molar-refractivity contribution in [1.82, 2.24) is 0 Å². The molecule has 0 unspecified atom stereocenters. The first-order valence-electron chi connectivity index (χ1n) is 6.05. The predicted molar refractivity (Wildman–Crippen MR) is 64.8 cm³/mol. The van der Waals surface area contributed by atoms with Gasteiger partial charge in [0.25, 0.3) is 0 Å². The van der Waals surface area contributed by atoms with Crippen LogP contribution in [0.1, 0.15) is 18.4 Å². The maximum atomic E-state index is 12.7. The average Bonchev–Trinajstić information content (AvgIpc) is 3.20. The number of halogens is 4. The van der Waals surface area contributed by atoms with Gasteiger partial charge in [-0.15, -0.1) is 0 Å². The molecule has 0 spiro atoms. The van der Waals surface area contributed by atoms with Crippen molar-refractivity contribution in [3.05, 3.63) is 35.9 Å². The van der Waals surface area contributed by atoms with Crippen LogP contribution in [0.25, 0.3) is 6.08 Å². The zero-order chi connectivity index (χ0) is 14.8. The molecule has 0 N–H and O–H groups in total. The number of hydrogen-bond acceptors (Lipinski definition) is 2. The summed E-state index contributed by atoms with van der Waals surface area (Å²) in [5.41, 5.74) is 0.432. The van der Waals surface area contributed by atoms with Crippen molar-refractivity contribution >= 4 is 11.9 Å². The first-order chi connectivity index (χ1) is 9.38. The molecule has 1 aromatic rings. The third-order valence-electron chi connectivity index (χ3n) is 2.79. The van der Waals surface area contributed by atoms with Crippen LogP contribution < -0.4 is 4.74 Å². The van der Waals surface area contributed by atoms with Crippen LogP contribution in [0, 0.1) is 5.92 Å². The molecule has 20 heavy (non-hydrogen) atoms. The molecule has 1 aliphatic carbocycles. The number of ether oxygens (including phenoxy) is 1. The zero-order valence-electron chi connectivity index (χ0n) is 10.4. The minimum Gasteiger partial charge on any atom is -0.428 e. The van der Waals surface area contributed by atoms with E-state index in [9.17, 15) is 22.4 Å².